The third-order valence-corrected chi connectivity index (χ3v) is 6.19. The van der Waals surface area contributed by atoms with Gasteiger partial charge in [-0.2, -0.15) is 0 Å². The number of rotatable bonds is 6. The predicted octanol–water partition coefficient (Wildman–Crippen LogP) is 2.17. The summed E-state index contributed by atoms with van der Waals surface area (Å²) in [5.41, 5.74) is 2.18. The molecular weight excluding hydrogens is 509 g/mol. The number of nitrogens with one attached hydrogen (secondary N) is 2. The number of aliphatic hydroxyl groups excluding tert-OH is 2. The van der Waals surface area contributed by atoms with Crippen molar-refractivity contribution in [2.24, 2.45) is 0 Å². The quantitative estimate of drug-likeness (QED) is 0.295. The molecule has 0 spiro atoms. The van der Waals surface area contributed by atoms with E-state index >= 15 is 0 Å². The highest BCUT2D eigenvalue weighted by molar-refractivity contribution is 6.31. The van der Waals surface area contributed by atoms with Gasteiger partial charge in [-0.1, -0.05) is 35.3 Å². The summed E-state index contributed by atoms with van der Waals surface area (Å²) in [4.78, 5) is 29.9. The highest BCUT2D eigenvalue weighted by Crippen LogP contribution is 2.34. The standard InChI is InChI=1S/C23H21Cl2N7O4/c1-26-22(35)18-16(33)17(34)23(36-18)32-10-29-15-20(28-7-11-3-2-4-13(24)5-11)30-19(31-21(15)32)12-6-14(25)9-27-8-12/h2-6,8-10,16-18,23,33-34H,7H2,1H3,(H,26,35)(H,28,30,31). The molecule has 4 unspecified atom stereocenters. The average Bonchev–Trinajstić information content (AvgIpc) is 3.43. The maximum Gasteiger partial charge on any atom is 0.251 e. The molecule has 4 aromatic rings. The summed E-state index contributed by atoms with van der Waals surface area (Å²) >= 11 is 12.2. The zero-order valence-electron chi connectivity index (χ0n) is 18.8. The molecule has 1 saturated heterocycles. The van der Waals surface area contributed by atoms with Gasteiger partial charge in [0.15, 0.2) is 35.1 Å². The average molecular weight is 530 g/mol. The van der Waals surface area contributed by atoms with Gasteiger partial charge < -0.3 is 25.6 Å². The molecule has 1 amide bonds. The number of carbonyl (C=O) groups excluding carboxylic acids is 1. The Morgan fingerprint density at radius 3 is 2.72 bits per heavy atom. The first-order chi connectivity index (χ1) is 17.4. The fourth-order valence-electron chi connectivity index (χ4n) is 3.97. The maximum atomic E-state index is 12.1. The Bertz CT molecular complexity index is 1430. The van der Waals surface area contributed by atoms with Crippen molar-refractivity contribution in [3.63, 3.8) is 0 Å². The Morgan fingerprint density at radius 2 is 1.97 bits per heavy atom. The van der Waals surface area contributed by atoms with Gasteiger partial charge in [-0.05, 0) is 23.8 Å². The minimum Gasteiger partial charge on any atom is -0.387 e. The Balaban J connectivity index is 1.58. The number of amides is 1. The number of nitrogens with zero attached hydrogens (tertiary/aromatic N) is 5. The number of hydrogen-bond acceptors (Lipinski definition) is 9. The third-order valence-electron chi connectivity index (χ3n) is 5.75. The van der Waals surface area contributed by atoms with Crippen LogP contribution in [0.1, 0.15) is 11.8 Å². The van der Waals surface area contributed by atoms with E-state index in [2.05, 4.69) is 30.6 Å². The molecule has 186 valence electrons. The van der Waals surface area contributed by atoms with Gasteiger partial charge in [0, 0.05) is 36.6 Å². The van der Waals surface area contributed by atoms with Crippen molar-refractivity contribution < 1.29 is 19.7 Å². The van der Waals surface area contributed by atoms with Gasteiger partial charge in [-0.15, -0.1) is 0 Å². The number of ether oxygens (including phenoxy) is 1. The molecule has 0 bridgehead atoms. The third kappa shape index (κ3) is 4.59. The smallest absolute Gasteiger partial charge is 0.251 e. The van der Waals surface area contributed by atoms with E-state index in [1.807, 2.05) is 18.2 Å². The molecule has 3 aromatic heterocycles. The molecule has 4 atom stereocenters. The van der Waals surface area contributed by atoms with Crippen molar-refractivity contribution in [3.8, 4) is 11.4 Å². The second-order valence-corrected chi connectivity index (χ2v) is 9.01. The van der Waals surface area contributed by atoms with Crippen molar-refractivity contribution in [1.29, 1.82) is 0 Å². The zero-order valence-corrected chi connectivity index (χ0v) is 20.4. The molecule has 36 heavy (non-hydrogen) atoms. The minimum atomic E-state index is -1.44. The predicted molar refractivity (Wildman–Crippen MR) is 132 cm³/mol. The number of halogens is 2. The van der Waals surface area contributed by atoms with Crippen molar-refractivity contribution in [2.75, 3.05) is 12.4 Å². The van der Waals surface area contributed by atoms with Gasteiger partial charge >= 0.3 is 0 Å². The van der Waals surface area contributed by atoms with Crippen LogP contribution in [0.5, 0.6) is 0 Å². The van der Waals surface area contributed by atoms with E-state index in [0.717, 1.165) is 5.56 Å². The fraction of sp³-hybridized carbons (Fsp3) is 0.261. The van der Waals surface area contributed by atoms with Crippen LogP contribution in [0.3, 0.4) is 0 Å². The molecule has 4 heterocycles. The van der Waals surface area contributed by atoms with E-state index in [4.69, 9.17) is 27.9 Å². The topological polar surface area (TPSA) is 147 Å². The van der Waals surface area contributed by atoms with E-state index in [0.29, 0.717) is 45.0 Å². The van der Waals surface area contributed by atoms with Crippen LogP contribution in [-0.4, -0.2) is 66.0 Å². The summed E-state index contributed by atoms with van der Waals surface area (Å²) < 4.78 is 7.18. The number of anilines is 1. The van der Waals surface area contributed by atoms with Gasteiger partial charge in [0.05, 0.1) is 11.3 Å². The number of aromatic nitrogens is 5. The largest absolute Gasteiger partial charge is 0.387 e. The number of likely N-dealkylation sites (N-methyl/N-ethyl adjacent to an activating group) is 1. The normalized spacial score (nSPS) is 21.6. The first-order valence-corrected chi connectivity index (χ1v) is 11.7. The highest BCUT2D eigenvalue weighted by atomic mass is 35.5. The second kappa shape index (κ2) is 9.96. The lowest BCUT2D eigenvalue weighted by Gasteiger charge is -2.17. The molecule has 0 aliphatic carbocycles. The second-order valence-electron chi connectivity index (χ2n) is 8.14. The number of benzene rings is 1. The Morgan fingerprint density at radius 1 is 1.14 bits per heavy atom. The van der Waals surface area contributed by atoms with Crippen LogP contribution in [0, 0.1) is 0 Å². The summed E-state index contributed by atoms with van der Waals surface area (Å²) in [6, 6.07) is 9.05. The van der Waals surface area contributed by atoms with Gasteiger partial charge in [0.25, 0.3) is 5.91 Å². The summed E-state index contributed by atoms with van der Waals surface area (Å²) in [5, 5.41) is 27.8. The van der Waals surface area contributed by atoms with Crippen LogP contribution in [0.4, 0.5) is 5.82 Å². The first kappa shape index (κ1) is 24.3. The molecule has 13 heteroatoms. The molecule has 1 aromatic carbocycles. The van der Waals surface area contributed by atoms with E-state index in [1.54, 1.807) is 18.3 Å². The van der Waals surface area contributed by atoms with E-state index < -0.39 is 30.4 Å². The molecule has 1 aliphatic heterocycles. The highest BCUT2D eigenvalue weighted by Gasteiger charge is 2.47. The molecule has 5 rings (SSSR count). The van der Waals surface area contributed by atoms with Crippen molar-refractivity contribution in [1.82, 2.24) is 29.8 Å². The van der Waals surface area contributed by atoms with Crippen molar-refractivity contribution in [2.45, 2.75) is 31.1 Å². The number of carbonyl (C=O) groups is 1. The maximum absolute atomic E-state index is 12.1. The van der Waals surface area contributed by atoms with Crippen LogP contribution < -0.4 is 10.6 Å². The van der Waals surface area contributed by atoms with E-state index in [1.165, 1.54) is 24.1 Å². The molecular formula is C23H21Cl2N7O4. The Labute approximate surface area is 215 Å². The lowest BCUT2D eigenvalue weighted by molar-refractivity contribution is -0.137. The SMILES string of the molecule is CNC(=O)C1OC(n2cnc3c(NCc4cccc(Cl)c4)nc(-c4cncc(Cl)c4)nc32)C(O)C1O. The Hall–Kier alpha value is -3.35. The lowest BCUT2D eigenvalue weighted by Crippen LogP contribution is -2.41. The lowest BCUT2D eigenvalue weighted by atomic mass is 10.1. The van der Waals surface area contributed by atoms with Gasteiger partial charge in [0.1, 0.15) is 12.2 Å². The molecule has 0 saturated carbocycles. The van der Waals surface area contributed by atoms with Crippen LogP contribution in [0.25, 0.3) is 22.6 Å². The van der Waals surface area contributed by atoms with Gasteiger partial charge in [-0.3, -0.25) is 14.3 Å². The van der Waals surface area contributed by atoms with Crippen LogP contribution in [0.2, 0.25) is 10.0 Å². The van der Waals surface area contributed by atoms with Crippen molar-refractivity contribution >= 4 is 46.1 Å². The molecule has 0 radical (unpaired) electrons. The first-order valence-electron chi connectivity index (χ1n) is 10.9. The minimum absolute atomic E-state index is 0.295. The molecule has 4 N–H and O–H groups in total. The van der Waals surface area contributed by atoms with Gasteiger partial charge in [0.2, 0.25) is 0 Å². The number of fused-ring (bicyclic) bond motifs is 1. The number of pyridine rings is 1. The summed E-state index contributed by atoms with van der Waals surface area (Å²) in [6.07, 6.45) is -0.739. The molecule has 1 aliphatic rings. The van der Waals surface area contributed by atoms with Crippen LogP contribution in [0.15, 0.2) is 49.1 Å². The molecule has 1 fully saturated rings. The van der Waals surface area contributed by atoms with Crippen molar-refractivity contribution in [3.05, 3.63) is 64.7 Å². The fourth-order valence-corrected chi connectivity index (χ4v) is 4.36. The van der Waals surface area contributed by atoms with Crippen LogP contribution >= 0.6 is 23.2 Å². The van der Waals surface area contributed by atoms with E-state index in [-0.39, 0.29) is 0 Å². The summed E-state index contributed by atoms with van der Waals surface area (Å²) in [5.74, 6) is 0.144. The molecule has 11 nitrogen and oxygen atoms in total. The number of aliphatic hydroxyl groups is 2. The van der Waals surface area contributed by atoms with Gasteiger partial charge in [-0.25, -0.2) is 15.0 Å². The zero-order chi connectivity index (χ0) is 25.4. The Kier molecular flexibility index (Phi) is 6.73. The summed E-state index contributed by atoms with van der Waals surface area (Å²) in [7, 11) is 1.42. The summed E-state index contributed by atoms with van der Waals surface area (Å²) in [6.45, 7) is 0.396. The number of imidazole rings is 1. The number of hydrogen-bond donors (Lipinski definition) is 4. The van der Waals surface area contributed by atoms with E-state index in [9.17, 15) is 15.0 Å². The monoisotopic (exact) mass is 529 g/mol. The van der Waals surface area contributed by atoms with Crippen LogP contribution in [-0.2, 0) is 16.1 Å².